The van der Waals surface area contributed by atoms with Gasteiger partial charge in [-0.1, -0.05) is 54.6 Å². The molecule has 0 radical (unpaired) electrons. The van der Waals surface area contributed by atoms with Gasteiger partial charge in [-0.25, -0.2) is 9.48 Å². The first-order chi connectivity index (χ1) is 17.2. The molecule has 2 atom stereocenters. The zero-order chi connectivity index (χ0) is 25.5. The van der Waals surface area contributed by atoms with E-state index in [1.165, 1.54) is 0 Å². The highest BCUT2D eigenvalue weighted by Gasteiger charge is 2.46. The van der Waals surface area contributed by atoms with Crippen molar-refractivity contribution in [3.63, 3.8) is 0 Å². The molecule has 1 aliphatic heterocycles. The van der Waals surface area contributed by atoms with E-state index in [9.17, 15) is 14.7 Å². The Labute approximate surface area is 211 Å². The monoisotopic (exact) mass is 487 g/mol. The molecule has 7 heteroatoms. The number of aliphatic hydroxyl groups is 1. The predicted molar refractivity (Wildman–Crippen MR) is 137 cm³/mol. The van der Waals surface area contributed by atoms with E-state index in [1.807, 2.05) is 61.5 Å². The van der Waals surface area contributed by atoms with Gasteiger partial charge in [0, 0.05) is 31.0 Å². The number of aromatic nitrogens is 2. The fourth-order valence-electron chi connectivity index (χ4n) is 5.16. The normalized spacial score (nSPS) is 21.2. The Hall–Kier alpha value is -3.45. The first-order valence-corrected chi connectivity index (χ1v) is 12.6. The Bertz CT molecular complexity index is 1290. The highest BCUT2D eigenvalue weighted by Crippen LogP contribution is 2.42. The summed E-state index contributed by atoms with van der Waals surface area (Å²) >= 11 is 0. The lowest BCUT2D eigenvalue weighted by Gasteiger charge is -2.45. The number of carbonyl (C=O) groups excluding carboxylic acids is 1. The highest BCUT2D eigenvalue weighted by molar-refractivity contribution is 5.70. The lowest BCUT2D eigenvalue weighted by atomic mass is 9.80. The standard InChI is InChI=1S/C29H33N3O4/c1-20(21-9-11-22(12-10-21)25-15-16-26(33)32(30-25)24-13-14-24)31-18-17-29(36-27(31)34,19-28(2,3)35)23-7-5-4-6-8-23/h4-12,15-16,20,24,35H,13-14,17-19H2,1-3H3/t20-,29?/m0/s1. The molecule has 1 N–H and O–H groups in total. The molecule has 1 saturated carbocycles. The maximum Gasteiger partial charge on any atom is 0.411 e. The van der Waals surface area contributed by atoms with E-state index in [-0.39, 0.29) is 23.7 Å². The second kappa shape index (κ2) is 9.21. The molecule has 188 valence electrons. The highest BCUT2D eigenvalue weighted by atomic mass is 16.6. The van der Waals surface area contributed by atoms with Crippen LogP contribution in [-0.4, -0.2) is 38.0 Å². The van der Waals surface area contributed by atoms with Crippen molar-refractivity contribution < 1.29 is 14.6 Å². The molecule has 2 aromatic carbocycles. The maximum atomic E-state index is 13.3. The molecule has 36 heavy (non-hydrogen) atoms. The molecule has 1 saturated heterocycles. The number of amides is 1. The average Bonchev–Trinajstić information content (AvgIpc) is 3.69. The number of nitrogens with zero attached hydrogens (tertiary/aromatic N) is 3. The summed E-state index contributed by atoms with van der Waals surface area (Å²) in [5, 5.41) is 15.1. The minimum Gasteiger partial charge on any atom is -0.438 e. The number of hydrogen-bond donors (Lipinski definition) is 1. The van der Waals surface area contributed by atoms with Crippen LogP contribution in [0.4, 0.5) is 4.79 Å². The van der Waals surface area contributed by atoms with Crippen LogP contribution in [0.5, 0.6) is 0 Å². The maximum absolute atomic E-state index is 13.3. The minimum absolute atomic E-state index is 0.0636. The number of cyclic esters (lactones) is 1. The third-order valence-corrected chi connectivity index (χ3v) is 7.17. The van der Waals surface area contributed by atoms with E-state index in [0.717, 1.165) is 35.2 Å². The molecular weight excluding hydrogens is 454 g/mol. The molecule has 2 heterocycles. The van der Waals surface area contributed by atoms with E-state index in [4.69, 9.17) is 4.74 Å². The van der Waals surface area contributed by atoms with Gasteiger partial charge in [-0.2, -0.15) is 5.10 Å². The minimum atomic E-state index is -0.990. The summed E-state index contributed by atoms with van der Waals surface area (Å²) in [5.74, 6) is 0. The average molecular weight is 488 g/mol. The van der Waals surface area contributed by atoms with Gasteiger partial charge in [-0.15, -0.1) is 0 Å². The zero-order valence-electron chi connectivity index (χ0n) is 21.1. The second-order valence-electron chi connectivity index (χ2n) is 10.7. The van der Waals surface area contributed by atoms with Gasteiger partial charge in [0.05, 0.1) is 23.4 Å². The number of ether oxygens (including phenoxy) is 1. The number of hydrogen-bond acceptors (Lipinski definition) is 5. The second-order valence-corrected chi connectivity index (χ2v) is 10.7. The molecule has 1 amide bonds. The van der Waals surface area contributed by atoms with Crippen molar-refractivity contribution in [3.8, 4) is 11.3 Å². The first-order valence-electron chi connectivity index (χ1n) is 12.6. The van der Waals surface area contributed by atoms with Gasteiger partial charge in [0.25, 0.3) is 5.56 Å². The molecule has 0 spiro atoms. The van der Waals surface area contributed by atoms with Crippen molar-refractivity contribution in [1.29, 1.82) is 0 Å². The third kappa shape index (κ3) is 4.93. The van der Waals surface area contributed by atoms with E-state index < -0.39 is 11.2 Å². The van der Waals surface area contributed by atoms with Crippen LogP contribution in [0.15, 0.2) is 71.5 Å². The molecule has 0 bridgehead atoms. The van der Waals surface area contributed by atoms with Gasteiger partial charge in [0.15, 0.2) is 0 Å². The van der Waals surface area contributed by atoms with Crippen molar-refractivity contribution in [2.24, 2.45) is 0 Å². The molecule has 1 aromatic heterocycles. The van der Waals surface area contributed by atoms with E-state index >= 15 is 0 Å². The van der Waals surface area contributed by atoms with E-state index in [2.05, 4.69) is 5.10 Å². The number of benzene rings is 2. The number of carbonyl (C=O) groups is 1. The zero-order valence-corrected chi connectivity index (χ0v) is 21.1. The summed E-state index contributed by atoms with van der Waals surface area (Å²) in [5.41, 5.74) is 1.65. The van der Waals surface area contributed by atoms with E-state index in [0.29, 0.717) is 19.4 Å². The van der Waals surface area contributed by atoms with Gasteiger partial charge in [-0.05, 0) is 50.8 Å². The molecule has 2 fully saturated rings. The third-order valence-electron chi connectivity index (χ3n) is 7.17. The van der Waals surface area contributed by atoms with Crippen molar-refractivity contribution >= 4 is 6.09 Å². The van der Waals surface area contributed by atoms with E-state index in [1.54, 1.807) is 35.6 Å². The summed E-state index contributed by atoms with van der Waals surface area (Å²) in [7, 11) is 0. The van der Waals surface area contributed by atoms with Crippen LogP contribution in [0.2, 0.25) is 0 Å². The Morgan fingerprint density at radius 3 is 2.36 bits per heavy atom. The van der Waals surface area contributed by atoms with Crippen LogP contribution in [0.1, 0.15) is 69.7 Å². The molecule has 3 aromatic rings. The quantitative estimate of drug-likeness (QED) is 0.495. The van der Waals surface area contributed by atoms with Gasteiger partial charge in [0.1, 0.15) is 5.60 Å². The lowest BCUT2D eigenvalue weighted by molar-refractivity contribution is -0.101. The van der Waals surface area contributed by atoms with Crippen LogP contribution in [0.3, 0.4) is 0 Å². The lowest BCUT2D eigenvalue weighted by Crippen LogP contribution is -2.51. The molecule has 1 unspecified atom stereocenters. The Balaban J connectivity index is 1.34. The molecule has 1 aliphatic carbocycles. The van der Waals surface area contributed by atoms with Crippen molar-refractivity contribution in [2.45, 2.75) is 69.7 Å². The molecule has 7 nitrogen and oxygen atoms in total. The molecule has 2 aliphatic rings. The van der Waals surface area contributed by atoms with Crippen LogP contribution in [0, 0.1) is 0 Å². The smallest absolute Gasteiger partial charge is 0.411 e. The molecule has 5 rings (SSSR count). The summed E-state index contributed by atoms with van der Waals surface area (Å²) in [6.45, 7) is 6.00. The van der Waals surface area contributed by atoms with Crippen LogP contribution >= 0.6 is 0 Å². The summed E-state index contributed by atoms with van der Waals surface area (Å²) in [6, 6.07) is 21.0. The van der Waals surface area contributed by atoms with Gasteiger partial charge in [0.2, 0.25) is 0 Å². The fourth-order valence-corrected chi connectivity index (χ4v) is 5.16. The largest absolute Gasteiger partial charge is 0.438 e. The summed E-state index contributed by atoms with van der Waals surface area (Å²) < 4.78 is 7.71. The summed E-state index contributed by atoms with van der Waals surface area (Å²) in [6.07, 6.45) is 2.52. The van der Waals surface area contributed by atoms with Crippen molar-refractivity contribution in [2.75, 3.05) is 6.54 Å². The predicted octanol–water partition coefficient (Wildman–Crippen LogP) is 5.21. The topological polar surface area (TPSA) is 84.7 Å². The fraction of sp³-hybridized carbons (Fsp3) is 0.414. The number of rotatable bonds is 7. The van der Waals surface area contributed by atoms with Gasteiger partial charge < -0.3 is 14.7 Å². The molecular formula is C29H33N3O4. The van der Waals surface area contributed by atoms with Crippen LogP contribution < -0.4 is 5.56 Å². The Kier molecular flexibility index (Phi) is 6.20. The van der Waals surface area contributed by atoms with Crippen molar-refractivity contribution in [1.82, 2.24) is 14.7 Å². The summed E-state index contributed by atoms with van der Waals surface area (Å²) in [4.78, 5) is 27.1. The van der Waals surface area contributed by atoms with Gasteiger partial charge in [-0.3, -0.25) is 4.79 Å². The van der Waals surface area contributed by atoms with Gasteiger partial charge >= 0.3 is 6.09 Å². The SMILES string of the molecule is C[C@@H](c1ccc(-c2ccc(=O)n(C3CC3)n2)cc1)N1CCC(CC(C)(C)O)(c2ccccc2)OC1=O. The Morgan fingerprint density at radius 1 is 1.06 bits per heavy atom. The Morgan fingerprint density at radius 2 is 1.75 bits per heavy atom. The van der Waals surface area contributed by atoms with Crippen LogP contribution in [-0.2, 0) is 10.3 Å². The first kappa shape index (κ1) is 24.3. The van der Waals surface area contributed by atoms with Crippen LogP contribution in [0.25, 0.3) is 11.3 Å². The van der Waals surface area contributed by atoms with Crippen molar-refractivity contribution in [3.05, 3.63) is 88.2 Å².